The molecule has 0 aromatic rings. The van der Waals surface area contributed by atoms with Crippen molar-refractivity contribution in [2.45, 2.75) is 69.4 Å². The molecular weight excluding hydrogens is 318 g/mol. The van der Waals surface area contributed by atoms with E-state index < -0.39 is 15.7 Å². The van der Waals surface area contributed by atoms with Gasteiger partial charge in [-0.15, -0.1) is 0 Å². The number of rotatable bonds is 6. The van der Waals surface area contributed by atoms with Crippen LogP contribution in [-0.4, -0.2) is 38.5 Å². The fourth-order valence-corrected chi connectivity index (χ4v) is 6.14. The summed E-state index contributed by atoms with van der Waals surface area (Å²) in [5, 5.41) is 3.06. The largest absolute Gasteiger partial charge is 0.450 e. The minimum Gasteiger partial charge on any atom is -0.450 e. The van der Waals surface area contributed by atoms with Gasteiger partial charge in [0.2, 0.25) is 0 Å². The number of ether oxygens (including phenoxy) is 1. The minimum absolute atomic E-state index is 0.363. The lowest BCUT2D eigenvalue weighted by molar-refractivity contribution is -0.122. The molecule has 0 aliphatic heterocycles. The van der Waals surface area contributed by atoms with Crippen molar-refractivity contribution in [2.75, 3.05) is 12.9 Å². The predicted octanol–water partition coefficient (Wildman–Crippen LogP) is 2.58. The zero-order chi connectivity index (χ0) is 16.7. The van der Waals surface area contributed by atoms with E-state index >= 15 is 0 Å². The maximum Gasteiger partial charge on any atom is 0.407 e. The van der Waals surface area contributed by atoms with Crippen LogP contribution in [0.5, 0.6) is 0 Å². The van der Waals surface area contributed by atoms with Crippen LogP contribution in [0.2, 0.25) is 0 Å². The van der Waals surface area contributed by atoms with Gasteiger partial charge in [0.15, 0.2) is 0 Å². The molecule has 0 aromatic carbocycles. The third-order valence-electron chi connectivity index (χ3n) is 5.43. The number of alkyl carbamates (subject to hydrolysis) is 1. The Hall–Kier alpha value is -0.820. The van der Waals surface area contributed by atoms with Crippen LogP contribution in [0.3, 0.4) is 0 Å². The zero-order valence-electron chi connectivity index (χ0n) is 14.0. The Bertz CT molecular complexity index is 559. The van der Waals surface area contributed by atoms with Gasteiger partial charge in [-0.25, -0.2) is 4.79 Å². The number of carbonyl (C=O) groups excluding carboxylic acids is 1. The van der Waals surface area contributed by atoms with Gasteiger partial charge >= 0.3 is 6.09 Å². The predicted molar refractivity (Wildman–Crippen MR) is 85.5 cm³/mol. The number of carbonyl (C=O) groups is 1. The average Bonchev–Trinajstić information content (AvgIpc) is 2.33. The highest BCUT2D eigenvalue weighted by Gasteiger charge is 2.60. The van der Waals surface area contributed by atoms with Crippen LogP contribution in [-0.2, 0) is 19.0 Å². The first-order chi connectivity index (χ1) is 10.7. The summed E-state index contributed by atoms with van der Waals surface area (Å²) in [4.78, 5) is 12.1. The summed E-state index contributed by atoms with van der Waals surface area (Å²) in [5.74, 6) is 0.850. The summed E-state index contributed by atoms with van der Waals surface area (Å²) in [5.41, 5.74) is -0.994. The molecule has 7 heteroatoms. The summed E-state index contributed by atoms with van der Waals surface area (Å²) in [6.07, 6.45) is 7.63. The lowest BCUT2D eigenvalue weighted by atomic mass is 9.51. The lowest BCUT2D eigenvalue weighted by Gasteiger charge is -2.60. The van der Waals surface area contributed by atoms with Crippen LogP contribution in [0.4, 0.5) is 4.79 Å². The maximum atomic E-state index is 12.1. The molecule has 2 atom stereocenters. The molecule has 4 bridgehead atoms. The number of amides is 1. The first kappa shape index (κ1) is 17.0. The van der Waals surface area contributed by atoms with E-state index in [0.717, 1.165) is 51.2 Å². The molecule has 6 nitrogen and oxygen atoms in total. The maximum absolute atomic E-state index is 12.1. The van der Waals surface area contributed by atoms with Crippen molar-refractivity contribution in [3.05, 3.63) is 0 Å². The number of nitrogens with one attached hydrogen (secondary N) is 1. The summed E-state index contributed by atoms with van der Waals surface area (Å²) in [6, 6.07) is 0. The van der Waals surface area contributed by atoms with Gasteiger partial charge in [-0.2, -0.15) is 8.42 Å². The summed E-state index contributed by atoms with van der Waals surface area (Å²) in [7, 11) is -3.50. The smallest absolute Gasteiger partial charge is 0.407 e. The molecule has 4 aliphatic rings. The van der Waals surface area contributed by atoms with Crippen LogP contribution in [0, 0.1) is 11.8 Å². The first-order valence-electron chi connectivity index (χ1n) is 8.59. The molecule has 2 unspecified atom stereocenters. The van der Waals surface area contributed by atoms with Crippen molar-refractivity contribution in [1.29, 1.82) is 0 Å². The van der Waals surface area contributed by atoms with E-state index in [1.54, 1.807) is 0 Å². The Morgan fingerprint density at radius 2 is 1.87 bits per heavy atom. The van der Waals surface area contributed by atoms with Gasteiger partial charge in [-0.1, -0.05) is 13.3 Å². The molecule has 1 N–H and O–H groups in total. The second-order valence-corrected chi connectivity index (χ2v) is 9.40. The van der Waals surface area contributed by atoms with Crippen LogP contribution in [0.15, 0.2) is 0 Å². The molecule has 0 radical (unpaired) electrons. The normalized spacial score (nSPS) is 38.5. The van der Waals surface area contributed by atoms with Crippen molar-refractivity contribution < 1.29 is 22.1 Å². The number of hydrogen-bond donors (Lipinski definition) is 1. The van der Waals surface area contributed by atoms with Gasteiger partial charge in [-0.05, 0) is 50.4 Å². The highest BCUT2D eigenvalue weighted by Crippen LogP contribution is 2.59. The second-order valence-electron chi connectivity index (χ2n) is 7.83. The first-order valence-corrected chi connectivity index (χ1v) is 10.4. The highest BCUT2D eigenvalue weighted by atomic mass is 32.2. The SMILES string of the molecule is CCCCOC(=O)NC12CC3CC(C1)CC(OS(C)(=O)=O)(C3)C2. The van der Waals surface area contributed by atoms with Crippen LogP contribution < -0.4 is 5.32 Å². The molecule has 132 valence electrons. The topological polar surface area (TPSA) is 81.7 Å². The van der Waals surface area contributed by atoms with Crippen molar-refractivity contribution in [1.82, 2.24) is 5.32 Å². The summed E-state index contributed by atoms with van der Waals surface area (Å²) < 4.78 is 34.1. The Labute approximate surface area is 138 Å². The van der Waals surface area contributed by atoms with E-state index in [9.17, 15) is 13.2 Å². The molecule has 23 heavy (non-hydrogen) atoms. The standard InChI is InChI=1S/C16H27NO5S/c1-3-4-5-21-14(18)17-15-7-12-6-13(8-15)10-16(9-12,11-15)22-23(2,19)20/h12-13H,3-11H2,1-2H3,(H,17,18). The van der Waals surface area contributed by atoms with Crippen molar-refractivity contribution in [3.8, 4) is 0 Å². The van der Waals surface area contributed by atoms with E-state index in [0.29, 0.717) is 24.9 Å². The molecule has 4 aliphatic carbocycles. The van der Waals surface area contributed by atoms with E-state index in [-0.39, 0.29) is 11.6 Å². The summed E-state index contributed by atoms with van der Waals surface area (Å²) in [6.45, 7) is 2.48. The van der Waals surface area contributed by atoms with E-state index in [4.69, 9.17) is 8.92 Å². The van der Waals surface area contributed by atoms with Crippen molar-refractivity contribution >= 4 is 16.2 Å². The van der Waals surface area contributed by atoms with Gasteiger partial charge < -0.3 is 10.1 Å². The summed E-state index contributed by atoms with van der Waals surface area (Å²) >= 11 is 0. The average molecular weight is 345 g/mol. The van der Waals surface area contributed by atoms with Crippen molar-refractivity contribution in [2.24, 2.45) is 11.8 Å². The Morgan fingerprint density at radius 3 is 2.43 bits per heavy atom. The molecule has 0 heterocycles. The molecule has 4 saturated carbocycles. The fraction of sp³-hybridized carbons (Fsp3) is 0.938. The molecule has 0 spiro atoms. The van der Waals surface area contributed by atoms with Gasteiger partial charge in [0.1, 0.15) is 0 Å². The van der Waals surface area contributed by atoms with Crippen LogP contribution in [0.1, 0.15) is 58.3 Å². The Kier molecular flexibility index (Phi) is 4.38. The third kappa shape index (κ3) is 3.82. The number of hydrogen-bond acceptors (Lipinski definition) is 5. The number of unbranched alkanes of at least 4 members (excludes halogenated alkanes) is 1. The van der Waals surface area contributed by atoms with Gasteiger partial charge in [-0.3, -0.25) is 4.18 Å². The molecule has 4 fully saturated rings. The molecule has 0 saturated heterocycles. The van der Waals surface area contributed by atoms with E-state index in [1.165, 1.54) is 0 Å². The van der Waals surface area contributed by atoms with Crippen molar-refractivity contribution in [3.63, 3.8) is 0 Å². The van der Waals surface area contributed by atoms with Crippen LogP contribution in [0.25, 0.3) is 0 Å². The molecule has 4 rings (SSSR count). The van der Waals surface area contributed by atoms with Gasteiger partial charge in [0.05, 0.1) is 18.5 Å². The quantitative estimate of drug-likeness (QED) is 0.591. The second kappa shape index (κ2) is 5.92. The van der Waals surface area contributed by atoms with Gasteiger partial charge in [0, 0.05) is 12.0 Å². The molecular formula is C16H27NO5S. The van der Waals surface area contributed by atoms with Gasteiger partial charge in [0.25, 0.3) is 10.1 Å². The van der Waals surface area contributed by atoms with E-state index in [2.05, 4.69) is 5.32 Å². The fourth-order valence-electron chi connectivity index (χ4n) is 5.31. The molecule has 0 aromatic heterocycles. The highest BCUT2D eigenvalue weighted by molar-refractivity contribution is 7.86. The lowest BCUT2D eigenvalue weighted by Crippen LogP contribution is -2.66. The minimum atomic E-state index is -3.50. The Balaban J connectivity index is 1.71. The molecule has 1 amide bonds. The zero-order valence-corrected chi connectivity index (χ0v) is 14.8. The Morgan fingerprint density at radius 1 is 1.22 bits per heavy atom. The third-order valence-corrected chi connectivity index (χ3v) is 6.09. The monoisotopic (exact) mass is 345 g/mol. The van der Waals surface area contributed by atoms with Crippen LogP contribution >= 0.6 is 0 Å². The van der Waals surface area contributed by atoms with E-state index in [1.807, 2.05) is 6.92 Å².